The lowest BCUT2D eigenvalue weighted by atomic mass is 9.95. The van der Waals surface area contributed by atoms with Crippen molar-refractivity contribution < 1.29 is 0 Å². The highest BCUT2D eigenvalue weighted by Gasteiger charge is 2.35. The number of hydrogen-bond donors (Lipinski definition) is 1. The van der Waals surface area contributed by atoms with E-state index in [0.29, 0.717) is 6.04 Å². The van der Waals surface area contributed by atoms with Gasteiger partial charge in [0.05, 0.1) is 6.54 Å². The molecule has 0 aromatic heterocycles. The minimum atomic E-state index is 0.686. The quantitative estimate of drug-likeness (QED) is 0.852. The number of thioether (sulfide) groups is 2. The molecule has 0 amide bonds. The van der Waals surface area contributed by atoms with Crippen LogP contribution in [-0.4, -0.2) is 34.5 Å². The Labute approximate surface area is 113 Å². The van der Waals surface area contributed by atoms with Crippen LogP contribution in [0.1, 0.15) is 38.5 Å². The lowest BCUT2D eigenvalue weighted by molar-refractivity contribution is 0.424. The van der Waals surface area contributed by atoms with E-state index in [4.69, 9.17) is 0 Å². The summed E-state index contributed by atoms with van der Waals surface area (Å²) < 4.78 is 0. The molecule has 2 fully saturated rings. The summed E-state index contributed by atoms with van der Waals surface area (Å²) in [7, 11) is 0. The molecule has 3 atom stereocenters. The van der Waals surface area contributed by atoms with Gasteiger partial charge in [-0.2, -0.15) is 11.8 Å². The van der Waals surface area contributed by atoms with Crippen LogP contribution in [0.3, 0.4) is 0 Å². The van der Waals surface area contributed by atoms with Crippen LogP contribution < -0.4 is 5.32 Å². The van der Waals surface area contributed by atoms with E-state index >= 15 is 0 Å². The summed E-state index contributed by atoms with van der Waals surface area (Å²) in [6.07, 6.45) is 10.6. The highest BCUT2D eigenvalue weighted by Crippen LogP contribution is 2.41. The van der Waals surface area contributed by atoms with Crippen molar-refractivity contribution in [2.75, 3.05) is 12.8 Å². The monoisotopic (exact) mass is 270 g/mol. The van der Waals surface area contributed by atoms with Crippen LogP contribution in [0.4, 0.5) is 0 Å². The van der Waals surface area contributed by atoms with E-state index in [1.165, 1.54) is 43.7 Å². The first kappa shape index (κ1) is 12.2. The largest absolute Gasteiger partial charge is 0.362 e. The lowest BCUT2D eigenvalue weighted by Crippen LogP contribution is -2.37. The van der Waals surface area contributed by atoms with Crippen LogP contribution in [0.15, 0.2) is 4.99 Å². The fourth-order valence-electron chi connectivity index (χ4n) is 2.85. The van der Waals surface area contributed by atoms with Crippen molar-refractivity contribution in [3.8, 4) is 0 Å². The Morgan fingerprint density at radius 3 is 2.94 bits per heavy atom. The fourth-order valence-corrected chi connectivity index (χ4v) is 4.96. The van der Waals surface area contributed by atoms with Crippen molar-refractivity contribution in [3.63, 3.8) is 0 Å². The van der Waals surface area contributed by atoms with E-state index in [1.54, 1.807) is 0 Å². The molecule has 3 unspecified atom stereocenters. The Bertz CT molecular complexity index is 302. The van der Waals surface area contributed by atoms with Crippen molar-refractivity contribution in [1.82, 2.24) is 5.32 Å². The van der Waals surface area contributed by atoms with Gasteiger partial charge < -0.3 is 5.32 Å². The molecule has 2 saturated carbocycles. The van der Waals surface area contributed by atoms with Gasteiger partial charge in [-0.1, -0.05) is 18.2 Å². The lowest BCUT2D eigenvalue weighted by Gasteiger charge is -2.29. The normalized spacial score (nSPS) is 37.9. The molecule has 0 radical (unpaired) electrons. The molecule has 0 bridgehead atoms. The van der Waals surface area contributed by atoms with Crippen LogP contribution in [-0.2, 0) is 0 Å². The number of amidine groups is 1. The van der Waals surface area contributed by atoms with E-state index in [0.717, 1.165) is 23.0 Å². The van der Waals surface area contributed by atoms with E-state index in [-0.39, 0.29) is 0 Å². The minimum Gasteiger partial charge on any atom is -0.362 e. The van der Waals surface area contributed by atoms with Gasteiger partial charge in [-0.15, -0.1) is 0 Å². The summed E-state index contributed by atoms with van der Waals surface area (Å²) in [5.41, 5.74) is 0. The molecule has 2 aliphatic carbocycles. The summed E-state index contributed by atoms with van der Waals surface area (Å²) in [5, 5.41) is 6.61. The second kappa shape index (κ2) is 5.43. The Hall–Kier alpha value is 0.170. The van der Waals surface area contributed by atoms with Crippen molar-refractivity contribution in [2.45, 2.75) is 55.1 Å². The average molecular weight is 270 g/mol. The molecule has 1 aliphatic heterocycles. The highest BCUT2D eigenvalue weighted by molar-refractivity contribution is 8.14. The smallest absolute Gasteiger partial charge is 0.157 e. The number of nitrogens with zero attached hydrogens (tertiary/aromatic N) is 1. The molecule has 4 heteroatoms. The molecule has 17 heavy (non-hydrogen) atoms. The average Bonchev–Trinajstić information content (AvgIpc) is 3.11. The first-order valence-electron chi connectivity index (χ1n) is 6.85. The zero-order valence-corrected chi connectivity index (χ0v) is 12.2. The van der Waals surface area contributed by atoms with E-state index in [2.05, 4.69) is 16.6 Å². The first-order valence-corrected chi connectivity index (χ1v) is 9.02. The third kappa shape index (κ3) is 3.14. The molecule has 0 spiro atoms. The number of rotatable bonds is 3. The molecule has 0 saturated heterocycles. The van der Waals surface area contributed by atoms with E-state index in [1.807, 2.05) is 23.5 Å². The molecule has 96 valence electrons. The molecule has 2 nitrogen and oxygen atoms in total. The summed E-state index contributed by atoms with van der Waals surface area (Å²) in [6.45, 7) is 1.07. The van der Waals surface area contributed by atoms with Crippen molar-refractivity contribution in [1.29, 1.82) is 0 Å². The molecule has 0 aromatic carbocycles. The van der Waals surface area contributed by atoms with Crippen LogP contribution in [0, 0.1) is 5.92 Å². The second-order valence-corrected chi connectivity index (χ2v) is 7.87. The Kier molecular flexibility index (Phi) is 3.90. The molecular weight excluding hydrogens is 248 g/mol. The van der Waals surface area contributed by atoms with Crippen molar-refractivity contribution >= 4 is 28.7 Å². The summed E-state index contributed by atoms with van der Waals surface area (Å²) >= 11 is 4.05. The van der Waals surface area contributed by atoms with Gasteiger partial charge in [0.15, 0.2) is 5.17 Å². The van der Waals surface area contributed by atoms with Gasteiger partial charge >= 0.3 is 0 Å². The molecule has 3 rings (SSSR count). The summed E-state index contributed by atoms with van der Waals surface area (Å²) in [4.78, 5) is 4.69. The standard InChI is InChI=1S/C13H22N2S2/c1-16-11-4-2-3-10(7-11)15-13-14-8-12(17-13)9-5-6-9/h9-12H,2-8H2,1H3,(H,14,15). The minimum absolute atomic E-state index is 0.686. The van der Waals surface area contributed by atoms with Crippen LogP contribution in [0.2, 0.25) is 0 Å². The van der Waals surface area contributed by atoms with E-state index in [9.17, 15) is 0 Å². The fraction of sp³-hybridized carbons (Fsp3) is 0.923. The van der Waals surface area contributed by atoms with Gasteiger partial charge in [-0.25, -0.2) is 0 Å². The maximum absolute atomic E-state index is 4.69. The molecule has 3 aliphatic rings. The molecule has 1 heterocycles. The molecular formula is C13H22N2S2. The van der Waals surface area contributed by atoms with Gasteiger partial charge in [0.1, 0.15) is 0 Å². The van der Waals surface area contributed by atoms with Crippen LogP contribution in [0.25, 0.3) is 0 Å². The zero-order valence-electron chi connectivity index (χ0n) is 10.5. The summed E-state index contributed by atoms with van der Waals surface area (Å²) in [6, 6.07) is 0.686. The maximum atomic E-state index is 4.69. The summed E-state index contributed by atoms with van der Waals surface area (Å²) in [5.74, 6) is 0.980. The highest BCUT2D eigenvalue weighted by atomic mass is 32.2. The van der Waals surface area contributed by atoms with Gasteiger partial charge in [0.25, 0.3) is 0 Å². The predicted octanol–water partition coefficient (Wildman–Crippen LogP) is 3.13. The number of aliphatic imine (C=N–C) groups is 1. The van der Waals surface area contributed by atoms with E-state index < -0.39 is 0 Å². The van der Waals surface area contributed by atoms with Gasteiger partial charge in [-0.3, -0.25) is 4.99 Å². The number of hydrogen-bond acceptors (Lipinski definition) is 4. The Morgan fingerprint density at radius 2 is 2.18 bits per heavy atom. The predicted molar refractivity (Wildman–Crippen MR) is 79.1 cm³/mol. The van der Waals surface area contributed by atoms with Crippen LogP contribution >= 0.6 is 23.5 Å². The van der Waals surface area contributed by atoms with Crippen molar-refractivity contribution in [3.05, 3.63) is 0 Å². The van der Waals surface area contributed by atoms with Gasteiger partial charge in [0.2, 0.25) is 0 Å². The Morgan fingerprint density at radius 1 is 1.29 bits per heavy atom. The maximum Gasteiger partial charge on any atom is 0.157 e. The van der Waals surface area contributed by atoms with Gasteiger partial charge in [-0.05, 0) is 44.3 Å². The molecule has 1 N–H and O–H groups in total. The Balaban J connectivity index is 1.46. The third-order valence-electron chi connectivity index (χ3n) is 4.11. The molecule has 0 aromatic rings. The third-order valence-corrected chi connectivity index (χ3v) is 6.51. The second-order valence-electron chi connectivity index (χ2n) is 5.51. The van der Waals surface area contributed by atoms with Crippen LogP contribution in [0.5, 0.6) is 0 Å². The van der Waals surface area contributed by atoms with Crippen molar-refractivity contribution in [2.24, 2.45) is 10.9 Å². The SMILES string of the molecule is CSC1CCCC(NC2=NCC(C3CC3)S2)C1. The number of nitrogens with one attached hydrogen (secondary N) is 1. The zero-order chi connectivity index (χ0) is 11.7. The first-order chi connectivity index (χ1) is 8.35. The van der Waals surface area contributed by atoms with Gasteiger partial charge in [0, 0.05) is 16.5 Å². The topological polar surface area (TPSA) is 24.4 Å².